The lowest BCUT2D eigenvalue weighted by molar-refractivity contribution is 0.00578. The van der Waals surface area contributed by atoms with Gasteiger partial charge in [-0.05, 0) is 45.9 Å². The van der Waals surface area contributed by atoms with E-state index < -0.39 is 13.2 Å². The molecule has 0 saturated carbocycles. The number of rotatable bonds is 4. The van der Waals surface area contributed by atoms with Gasteiger partial charge in [0.25, 0.3) is 0 Å². The van der Waals surface area contributed by atoms with Gasteiger partial charge in [-0.1, -0.05) is 12.0 Å². The molecule has 3 N–H and O–H groups in total. The van der Waals surface area contributed by atoms with E-state index in [0.29, 0.717) is 5.69 Å². The average molecular weight is 290 g/mol. The normalized spacial score (nSPS) is 21.9. The predicted octanol–water partition coefficient (Wildman–Crippen LogP) is 1.72. The Balaban J connectivity index is 2.09. The molecular weight excluding hydrogens is 267 g/mol. The molecule has 0 spiro atoms. The minimum absolute atomic E-state index is 0.128. The van der Waals surface area contributed by atoms with Gasteiger partial charge in [-0.15, -0.1) is 0 Å². The highest BCUT2D eigenvalue weighted by Crippen LogP contribution is 2.36. The fraction of sp³-hybridized carbons (Fsp3) is 0.533. The quantitative estimate of drug-likeness (QED) is 0.826. The van der Waals surface area contributed by atoms with E-state index in [4.69, 9.17) is 20.1 Å². The first-order valence-corrected chi connectivity index (χ1v) is 7.12. The van der Waals surface area contributed by atoms with E-state index in [-0.39, 0.29) is 17.8 Å². The molecule has 114 valence electrons. The van der Waals surface area contributed by atoms with Gasteiger partial charge in [0, 0.05) is 0 Å². The summed E-state index contributed by atoms with van der Waals surface area (Å²) >= 11 is 0. The maximum Gasteiger partial charge on any atom is 0.487 e. The summed E-state index contributed by atoms with van der Waals surface area (Å²) in [5.41, 5.74) is 6.48. The molecule has 0 amide bonds. The van der Waals surface area contributed by atoms with Crippen molar-refractivity contribution in [2.45, 2.75) is 44.9 Å². The van der Waals surface area contributed by atoms with Crippen LogP contribution in [-0.2, 0) is 9.31 Å². The molecule has 0 aromatic carbocycles. The standard InChI is InChI=1S/C15H23BN2O3/c1-14(2)15(3,4)21-16(20-14)9-8-11-6-5-7-13(18-11)12(17)10-19/h5-9,12,19H,10,17H2,1-4H3/b9-8+/t12-/m0/s1. The number of hydrogen-bond donors (Lipinski definition) is 2. The van der Waals surface area contributed by atoms with Crippen LogP contribution in [0.25, 0.3) is 6.08 Å². The zero-order chi connectivity index (χ0) is 15.7. The molecule has 6 heteroatoms. The molecule has 1 fully saturated rings. The second-order valence-electron chi connectivity index (χ2n) is 6.26. The van der Waals surface area contributed by atoms with Crippen molar-refractivity contribution in [2.75, 3.05) is 6.61 Å². The van der Waals surface area contributed by atoms with Crippen LogP contribution in [0, 0.1) is 0 Å². The van der Waals surface area contributed by atoms with E-state index >= 15 is 0 Å². The van der Waals surface area contributed by atoms with Crippen LogP contribution in [0.1, 0.15) is 45.1 Å². The summed E-state index contributed by atoms with van der Waals surface area (Å²) in [6, 6.07) is 5.07. The number of aliphatic hydroxyl groups excluding tert-OH is 1. The van der Waals surface area contributed by atoms with Gasteiger partial charge in [-0.2, -0.15) is 0 Å². The van der Waals surface area contributed by atoms with Crippen LogP contribution in [0.15, 0.2) is 24.2 Å². The second-order valence-corrected chi connectivity index (χ2v) is 6.26. The van der Waals surface area contributed by atoms with Crippen molar-refractivity contribution in [1.82, 2.24) is 4.98 Å². The summed E-state index contributed by atoms with van der Waals surface area (Å²) < 4.78 is 11.8. The maximum atomic E-state index is 9.07. The third-order valence-corrected chi connectivity index (χ3v) is 4.06. The molecule has 1 aromatic rings. The van der Waals surface area contributed by atoms with Crippen LogP contribution in [0.2, 0.25) is 0 Å². The van der Waals surface area contributed by atoms with E-state index in [1.54, 1.807) is 6.07 Å². The first-order chi connectivity index (χ1) is 9.75. The Morgan fingerprint density at radius 1 is 1.29 bits per heavy atom. The van der Waals surface area contributed by atoms with Crippen molar-refractivity contribution in [3.63, 3.8) is 0 Å². The predicted molar refractivity (Wildman–Crippen MR) is 83.4 cm³/mol. The summed E-state index contributed by atoms with van der Waals surface area (Å²) in [5.74, 6) is 1.84. The molecule has 1 aliphatic heterocycles. The maximum absolute atomic E-state index is 9.07. The number of aliphatic hydroxyl groups is 1. The Hall–Kier alpha value is -1.21. The monoisotopic (exact) mass is 290 g/mol. The van der Waals surface area contributed by atoms with Crippen LogP contribution in [0.3, 0.4) is 0 Å². The Morgan fingerprint density at radius 3 is 2.48 bits per heavy atom. The molecule has 1 atom stereocenters. The minimum Gasteiger partial charge on any atom is -0.400 e. The largest absolute Gasteiger partial charge is 0.487 e. The highest BCUT2D eigenvalue weighted by molar-refractivity contribution is 6.52. The second kappa shape index (κ2) is 5.89. The van der Waals surface area contributed by atoms with Crippen LogP contribution in [0.5, 0.6) is 0 Å². The molecule has 0 radical (unpaired) electrons. The molecule has 1 aliphatic rings. The molecule has 5 nitrogen and oxygen atoms in total. The van der Waals surface area contributed by atoms with Crippen LogP contribution in [-0.4, -0.2) is 35.0 Å². The Labute approximate surface area is 126 Å². The van der Waals surface area contributed by atoms with E-state index in [9.17, 15) is 0 Å². The molecule has 0 aliphatic carbocycles. The molecule has 0 unspecified atom stereocenters. The third kappa shape index (κ3) is 3.52. The number of pyridine rings is 1. The molecular formula is C15H23BN2O3. The zero-order valence-corrected chi connectivity index (χ0v) is 13.0. The Morgan fingerprint density at radius 2 is 1.90 bits per heavy atom. The summed E-state index contributed by atoms with van der Waals surface area (Å²) in [6.07, 6.45) is 1.84. The smallest absolute Gasteiger partial charge is 0.400 e. The van der Waals surface area contributed by atoms with Crippen LogP contribution < -0.4 is 5.73 Å². The lowest BCUT2D eigenvalue weighted by Gasteiger charge is -2.32. The number of nitrogens with two attached hydrogens (primary N) is 1. The zero-order valence-electron chi connectivity index (χ0n) is 13.0. The Kier molecular flexibility index (Phi) is 4.53. The number of aromatic nitrogens is 1. The van der Waals surface area contributed by atoms with Crippen molar-refractivity contribution in [3.05, 3.63) is 35.6 Å². The van der Waals surface area contributed by atoms with E-state index in [2.05, 4.69) is 4.98 Å². The summed E-state index contributed by atoms with van der Waals surface area (Å²) in [6.45, 7) is 7.93. The summed E-state index contributed by atoms with van der Waals surface area (Å²) in [4.78, 5) is 4.39. The third-order valence-electron chi connectivity index (χ3n) is 4.06. The topological polar surface area (TPSA) is 77.6 Å². The van der Waals surface area contributed by atoms with E-state index in [0.717, 1.165) is 5.69 Å². The number of hydrogen-bond acceptors (Lipinski definition) is 5. The lowest BCUT2D eigenvalue weighted by Crippen LogP contribution is -2.41. The van der Waals surface area contributed by atoms with Crippen molar-refractivity contribution in [2.24, 2.45) is 5.73 Å². The van der Waals surface area contributed by atoms with E-state index in [1.165, 1.54) is 0 Å². The van der Waals surface area contributed by atoms with Gasteiger partial charge in [0.05, 0.1) is 35.2 Å². The van der Waals surface area contributed by atoms with Crippen LogP contribution >= 0.6 is 0 Å². The van der Waals surface area contributed by atoms with Gasteiger partial charge in [0.1, 0.15) is 0 Å². The lowest BCUT2D eigenvalue weighted by atomic mass is 9.89. The van der Waals surface area contributed by atoms with Crippen molar-refractivity contribution < 1.29 is 14.4 Å². The highest BCUT2D eigenvalue weighted by atomic mass is 16.7. The molecule has 21 heavy (non-hydrogen) atoms. The Bertz CT molecular complexity index is 515. The van der Waals surface area contributed by atoms with Crippen LogP contribution in [0.4, 0.5) is 0 Å². The van der Waals surface area contributed by atoms with Gasteiger partial charge in [-0.3, -0.25) is 4.98 Å². The molecule has 0 bridgehead atoms. The molecule has 1 saturated heterocycles. The van der Waals surface area contributed by atoms with Crippen molar-refractivity contribution in [3.8, 4) is 0 Å². The minimum atomic E-state index is -0.463. The summed E-state index contributed by atoms with van der Waals surface area (Å²) in [5, 5.41) is 9.07. The molecule has 2 rings (SSSR count). The van der Waals surface area contributed by atoms with Gasteiger partial charge < -0.3 is 20.1 Å². The number of nitrogens with zero attached hydrogens (tertiary/aromatic N) is 1. The SMILES string of the molecule is CC1(C)OB(/C=C/c2cccc([C@@H](N)CO)n2)OC1(C)C. The highest BCUT2D eigenvalue weighted by Gasteiger charge is 2.49. The first kappa shape index (κ1) is 16.2. The summed E-state index contributed by atoms with van der Waals surface area (Å²) in [7, 11) is -0.396. The fourth-order valence-corrected chi connectivity index (χ4v) is 2.01. The van der Waals surface area contributed by atoms with E-state index in [1.807, 2.05) is 51.9 Å². The molecule has 2 heterocycles. The van der Waals surface area contributed by atoms with Gasteiger partial charge in [0.15, 0.2) is 0 Å². The van der Waals surface area contributed by atoms with Gasteiger partial charge >= 0.3 is 7.12 Å². The van der Waals surface area contributed by atoms with Gasteiger partial charge in [0.2, 0.25) is 0 Å². The van der Waals surface area contributed by atoms with Gasteiger partial charge in [-0.25, -0.2) is 0 Å². The first-order valence-electron chi connectivity index (χ1n) is 7.12. The van der Waals surface area contributed by atoms with Crippen molar-refractivity contribution in [1.29, 1.82) is 0 Å². The molecule has 1 aromatic heterocycles. The average Bonchev–Trinajstić information content (AvgIpc) is 2.64. The van der Waals surface area contributed by atoms with Crippen molar-refractivity contribution >= 4 is 13.2 Å². The fourth-order valence-electron chi connectivity index (χ4n) is 2.01.